The fourth-order valence-corrected chi connectivity index (χ4v) is 2.55. The highest BCUT2D eigenvalue weighted by molar-refractivity contribution is 6.20. The second-order valence-electron chi connectivity index (χ2n) is 6.23. The number of carboxylic acid groups (broad SMARTS) is 1. The normalized spacial score (nSPS) is 11.3. The third-order valence-electron chi connectivity index (χ3n) is 4.12. The first kappa shape index (κ1) is 23.4. The smallest absolute Gasteiger partial charge is 0.336 e. The molecule has 0 radical (unpaired) electrons. The molecule has 162 valence electrons. The number of hydrogen-bond acceptors (Lipinski definition) is 6. The minimum atomic E-state index is -0.996. The predicted octanol–water partition coefficient (Wildman–Crippen LogP) is 3.38. The molecule has 30 heavy (non-hydrogen) atoms. The lowest BCUT2D eigenvalue weighted by Gasteiger charge is -2.08. The fourth-order valence-electron chi connectivity index (χ4n) is 2.55. The zero-order valence-corrected chi connectivity index (χ0v) is 17.3. The van der Waals surface area contributed by atoms with Crippen molar-refractivity contribution in [1.29, 1.82) is 0 Å². The first-order valence-corrected chi connectivity index (χ1v) is 9.60. The van der Waals surface area contributed by atoms with Gasteiger partial charge in [0.05, 0.1) is 45.7 Å². The van der Waals surface area contributed by atoms with E-state index in [4.69, 9.17) is 23.7 Å². The summed E-state index contributed by atoms with van der Waals surface area (Å²) in [6.45, 7) is 3.02. The Morgan fingerprint density at radius 3 is 1.93 bits per heavy atom. The van der Waals surface area contributed by atoms with Gasteiger partial charge in [-0.25, -0.2) is 4.79 Å². The van der Waals surface area contributed by atoms with E-state index in [1.165, 1.54) is 0 Å². The highest BCUT2D eigenvalue weighted by Gasteiger charge is 2.10. The summed E-state index contributed by atoms with van der Waals surface area (Å²) in [6, 6.07) is 14.1. The molecule has 2 aromatic rings. The fraction of sp³-hybridized carbons (Fsp3) is 0.348. The molecular formula is C23H28O7. The van der Waals surface area contributed by atoms with E-state index in [0.29, 0.717) is 56.7 Å². The van der Waals surface area contributed by atoms with E-state index in [1.807, 2.05) is 12.1 Å². The largest absolute Gasteiger partial charge is 0.497 e. The van der Waals surface area contributed by atoms with E-state index < -0.39 is 5.97 Å². The first-order chi connectivity index (χ1) is 14.6. The van der Waals surface area contributed by atoms with Crippen LogP contribution in [-0.4, -0.2) is 64.9 Å². The van der Waals surface area contributed by atoms with Gasteiger partial charge in [-0.2, -0.15) is 0 Å². The van der Waals surface area contributed by atoms with E-state index in [0.717, 1.165) is 5.56 Å². The van der Waals surface area contributed by atoms with Crippen molar-refractivity contribution in [3.05, 3.63) is 59.7 Å². The summed E-state index contributed by atoms with van der Waals surface area (Å²) in [6.07, 6.45) is 1.63. The van der Waals surface area contributed by atoms with Crippen LogP contribution in [0.15, 0.2) is 48.5 Å². The number of carboxylic acids is 1. The Labute approximate surface area is 176 Å². The number of rotatable bonds is 14. The molecule has 1 N–H and O–H groups in total. The van der Waals surface area contributed by atoms with Crippen molar-refractivity contribution in [3.8, 4) is 11.5 Å². The molecule has 2 rings (SSSR count). The average Bonchev–Trinajstić information content (AvgIpc) is 2.77. The molecule has 0 saturated carbocycles. The van der Waals surface area contributed by atoms with Gasteiger partial charge in [0.1, 0.15) is 18.1 Å². The van der Waals surface area contributed by atoms with E-state index in [-0.39, 0.29) is 5.57 Å². The quantitative estimate of drug-likeness (QED) is 0.287. The van der Waals surface area contributed by atoms with Crippen molar-refractivity contribution < 1.29 is 33.6 Å². The van der Waals surface area contributed by atoms with Crippen LogP contribution in [0.25, 0.3) is 11.6 Å². The third kappa shape index (κ3) is 8.24. The monoisotopic (exact) mass is 416 g/mol. The van der Waals surface area contributed by atoms with Crippen LogP contribution in [-0.2, 0) is 19.0 Å². The number of methoxy groups -OCH3 is 2. The molecule has 0 aliphatic heterocycles. The summed E-state index contributed by atoms with van der Waals surface area (Å²) in [7, 11) is 3.20. The molecule has 0 atom stereocenters. The molecule has 0 aliphatic carbocycles. The van der Waals surface area contributed by atoms with Gasteiger partial charge in [0.15, 0.2) is 0 Å². The van der Waals surface area contributed by atoms with Crippen LogP contribution in [0.3, 0.4) is 0 Å². The second-order valence-corrected chi connectivity index (χ2v) is 6.23. The van der Waals surface area contributed by atoms with Crippen LogP contribution in [0.5, 0.6) is 11.5 Å². The van der Waals surface area contributed by atoms with Crippen LogP contribution >= 0.6 is 0 Å². The number of ether oxygens (including phenoxy) is 5. The molecule has 7 nitrogen and oxygen atoms in total. The first-order valence-electron chi connectivity index (χ1n) is 9.60. The van der Waals surface area contributed by atoms with Gasteiger partial charge in [0.25, 0.3) is 0 Å². The van der Waals surface area contributed by atoms with Crippen molar-refractivity contribution in [3.63, 3.8) is 0 Å². The minimum Gasteiger partial charge on any atom is -0.497 e. The lowest BCUT2D eigenvalue weighted by Crippen LogP contribution is -2.12. The van der Waals surface area contributed by atoms with Crippen molar-refractivity contribution in [1.82, 2.24) is 0 Å². The SMILES string of the molecule is COCCOCCOCCOc1ccc(/C=C(\C(=O)O)c2ccc(OC)cc2)cc1. The van der Waals surface area contributed by atoms with Crippen molar-refractivity contribution in [2.24, 2.45) is 0 Å². The lowest BCUT2D eigenvalue weighted by molar-refractivity contribution is -0.130. The summed E-state index contributed by atoms with van der Waals surface area (Å²) in [5, 5.41) is 9.56. The molecular weight excluding hydrogens is 388 g/mol. The average molecular weight is 416 g/mol. The van der Waals surface area contributed by atoms with Gasteiger partial charge in [-0.1, -0.05) is 24.3 Å². The van der Waals surface area contributed by atoms with Crippen molar-refractivity contribution >= 4 is 17.6 Å². The Hall–Kier alpha value is -2.87. The molecule has 0 amide bonds. The molecule has 0 bridgehead atoms. The molecule has 0 spiro atoms. The molecule has 0 aromatic heterocycles. The molecule has 0 saturated heterocycles. The maximum absolute atomic E-state index is 11.7. The molecule has 0 fully saturated rings. The van der Waals surface area contributed by atoms with E-state index in [2.05, 4.69) is 0 Å². The van der Waals surface area contributed by atoms with Gasteiger partial charge in [-0.05, 0) is 41.5 Å². The van der Waals surface area contributed by atoms with Crippen LogP contribution in [0.1, 0.15) is 11.1 Å². The summed E-state index contributed by atoms with van der Waals surface area (Å²) >= 11 is 0. The van der Waals surface area contributed by atoms with Gasteiger partial charge in [0, 0.05) is 7.11 Å². The number of aliphatic carboxylic acids is 1. The zero-order valence-electron chi connectivity index (χ0n) is 17.3. The van der Waals surface area contributed by atoms with Crippen LogP contribution < -0.4 is 9.47 Å². The van der Waals surface area contributed by atoms with Crippen LogP contribution in [0.4, 0.5) is 0 Å². The Balaban J connectivity index is 1.82. The van der Waals surface area contributed by atoms with Crippen LogP contribution in [0.2, 0.25) is 0 Å². The van der Waals surface area contributed by atoms with Gasteiger partial charge in [-0.3, -0.25) is 0 Å². The number of carbonyl (C=O) groups is 1. The van der Waals surface area contributed by atoms with Gasteiger partial charge in [-0.15, -0.1) is 0 Å². The van der Waals surface area contributed by atoms with Gasteiger partial charge < -0.3 is 28.8 Å². The molecule has 0 aliphatic rings. The summed E-state index contributed by atoms with van der Waals surface area (Å²) in [5.41, 5.74) is 1.57. The molecule has 7 heteroatoms. The van der Waals surface area contributed by atoms with Crippen molar-refractivity contribution in [2.75, 3.05) is 53.9 Å². The minimum absolute atomic E-state index is 0.201. The maximum Gasteiger partial charge on any atom is 0.336 e. The second kappa shape index (κ2) is 13.4. The topological polar surface area (TPSA) is 83.5 Å². The standard InChI is InChI=1S/C23H28O7/c1-26-11-12-28-13-14-29-15-16-30-21-7-3-18(4-8-21)17-22(23(24)25)19-5-9-20(27-2)10-6-19/h3-10,17H,11-16H2,1-2H3,(H,24,25)/b22-17-. The summed E-state index contributed by atoms with van der Waals surface area (Å²) in [5.74, 6) is 0.366. The lowest BCUT2D eigenvalue weighted by atomic mass is 10.0. The zero-order chi connectivity index (χ0) is 21.6. The Kier molecular flexibility index (Phi) is 10.4. The highest BCUT2D eigenvalue weighted by Crippen LogP contribution is 2.22. The predicted molar refractivity (Wildman–Crippen MR) is 114 cm³/mol. The summed E-state index contributed by atoms with van der Waals surface area (Å²) < 4.78 is 26.4. The number of hydrogen-bond donors (Lipinski definition) is 1. The number of benzene rings is 2. The van der Waals surface area contributed by atoms with Gasteiger partial charge in [0.2, 0.25) is 0 Å². The maximum atomic E-state index is 11.7. The van der Waals surface area contributed by atoms with Gasteiger partial charge >= 0.3 is 5.97 Å². The summed E-state index contributed by atoms with van der Waals surface area (Å²) in [4.78, 5) is 11.7. The molecule has 0 heterocycles. The van der Waals surface area contributed by atoms with Crippen LogP contribution in [0, 0.1) is 0 Å². The molecule has 2 aromatic carbocycles. The molecule has 0 unspecified atom stereocenters. The Morgan fingerprint density at radius 2 is 1.37 bits per heavy atom. The van der Waals surface area contributed by atoms with Crippen molar-refractivity contribution in [2.45, 2.75) is 0 Å². The van der Waals surface area contributed by atoms with E-state index in [9.17, 15) is 9.90 Å². The highest BCUT2D eigenvalue weighted by atomic mass is 16.6. The Morgan fingerprint density at radius 1 is 0.800 bits per heavy atom. The Bertz CT molecular complexity index is 782. The van der Waals surface area contributed by atoms with E-state index >= 15 is 0 Å². The third-order valence-corrected chi connectivity index (χ3v) is 4.12. The van der Waals surface area contributed by atoms with E-state index in [1.54, 1.807) is 56.7 Å².